The van der Waals surface area contributed by atoms with Crippen LogP contribution in [-0.4, -0.2) is 37.5 Å². The van der Waals surface area contributed by atoms with E-state index in [4.69, 9.17) is 0 Å². The van der Waals surface area contributed by atoms with Crippen LogP contribution >= 0.6 is 11.3 Å². The van der Waals surface area contributed by atoms with Crippen LogP contribution in [0.2, 0.25) is 0 Å². The first-order chi connectivity index (χ1) is 9.19. The highest BCUT2D eigenvalue weighted by Crippen LogP contribution is 2.19. The van der Waals surface area contributed by atoms with Gasteiger partial charge in [0.25, 0.3) is 0 Å². The zero-order chi connectivity index (χ0) is 13.7. The zero-order valence-corrected chi connectivity index (χ0v) is 12.8. The summed E-state index contributed by atoms with van der Waals surface area (Å²) in [5.41, 5.74) is 0. The van der Waals surface area contributed by atoms with E-state index in [0.29, 0.717) is 18.2 Å². The van der Waals surface area contributed by atoms with Crippen molar-refractivity contribution in [3.63, 3.8) is 0 Å². The topological polar surface area (TPSA) is 32.3 Å². The van der Waals surface area contributed by atoms with Crippen LogP contribution in [0.5, 0.6) is 0 Å². The number of nitrogens with one attached hydrogen (secondary N) is 1. The molecule has 1 saturated heterocycles. The molecule has 2 rings (SSSR count). The Morgan fingerprint density at radius 3 is 3.05 bits per heavy atom. The van der Waals surface area contributed by atoms with Gasteiger partial charge in [0.2, 0.25) is 5.91 Å². The minimum atomic E-state index is 0.340. The van der Waals surface area contributed by atoms with Crippen molar-refractivity contribution in [2.75, 3.05) is 26.7 Å². The number of nitrogens with zero attached hydrogens (tertiary/aromatic N) is 1. The van der Waals surface area contributed by atoms with Gasteiger partial charge in [0.1, 0.15) is 0 Å². The molecule has 0 spiro atoms. The summed E-state index contributed by atoms with van der Waals surface area (Å²) in [6.07, 6.45) is 3.87. The Hall–Kier alpha value is -0.870. The van der Waals surface area contributed by atoms with E-state index in [1.54, 1.807) is 0 Å². The van der Waals surface area contributed by atoms with E-state index >= 15 is 0 Å². The Balaban J connectivity index is 1.67. The molecule has 1 N–H and O–H groups in total. The summed E-state index contributed by atoms with van der Waals surface area (Å²) < 4.78 is 0. The minimum absolute atomic E-state index is 0.340. The van der Waals surface area contributed by atoms with Crippen LogP contribution in [0.15, 0.2) is 12.1 Å². The third-order valence-electron chi connectivity index (χ3n) is 3.74. The molecule has 1 aliphatic rings. The predicted molar refractivity (Wildman–Crippen MR) is 80.6 cm³/mol. The second-order valence-corrected chi connectivity index (χ2v) is 6.79. The van der Waals surface area contributed by atoms with Gasteiger partial charge in [-0.3, -0.25) is 4.79 Å². The van der Waals surface area contributed by atoms with Crippen molar-refractivity contribution < 1.29 is 4.79 Å². The number of carbonyl (C=O) groups is 1. The fourth-order valence-corrected chi connectivity index (χ4v) is 3.64. The van der Waals surface area contributed by atoms with Gasteiger partial charge in [0.15, 0.2) is 0 Å². The number of aryl methyl sites for hydroxylation is 2. The average molecular weight is 280 g/mol. The Kier molecular flexibility index (Phi) is 5.40. The van der Waals surface area contributed by atoms with Crippen LogP contribution < -0.4 is 5.32 Å². The molecule has 0 aliphatic carbocycles. The second kappa shape index (κ2) is 7.06. The van der Waals surface area contributed by atoms with Gasteiger partial charge in [-0.1, -0.05) is 0 Å². The molecule has 3 nitrogen and oxygen atoms in total. The van der Waals surface area contributed by atoms with Gasteiger partial charge < -0.3 is 10.2 Å². The summed E-state index contributed by atoms with van der Waals surface area (Å²) >= 11 is 1.85. The van der Waals surface area contributed by atoms with Crippen LogP contribution in [-0.2, 0) is 11.2 Å². The monoisotopic (exact) mass is 280 g/mol. The van der Waals surface area contributed by atoms with Crippen LogP contribution in [0.1, 0.15) is 29.0 Å². The Morgan fingerprint density at radius 2 is 2.37 bits per heavy atom. The molecule has 1 unspecified atom stereocenters. The van der Waals surface area contributed by atoms with Gasteiger partial charge in [-0.2, -0.15) is 0 Å². The Bertz CT molecular complexity index is 416. The van der Waals surface area contributed by atoms with Crippen molar-refractivity contribution in [3.8, 4) is 0 Å². The highest BCUT2D eigenvalue weighted by atomic mass is 32.1. The fraction of sp³-hybridized carbons (Fsp3) is 0.667. The summed E-state index contributed by atoms with van der Waals surface area (Å²) in [7, 11) is 1.98. The first kappa shape index (κ1) is 14.5. The molecular formula is C15H24N2OS. The summed E-state index contributed by atoms with van der Waals surface area (Å²) in [4.78, 5) is 16.9. The van der Waals surface area contributed by atoms with E-state index < -0.39 is 0 Å². The van der Waals surface area contributed by atoms with Gasteiger partial charge in [0.05, 0.1) is 0 Å². The molecule has 2 heterocycles. The van der Waals surface area contributed by atoms with Crippen LogP contribution in [0.4, 0.5) is 0 Å². The number of rotatable bonds is 6. The number of thiophene rings is 1. The highest BCUT2D eigenvalue weighted by molar-refractivity contribution is 7.11. The van der Waals surface area contributed by atoms with Gasteiger partial charge in [-0.15, -0.1) is 11.3 Å². The molecule has 0 saturated carbocycles. The van der Waals surface area contributed by atoms with Gasteiger partial charge >= 0.3 is 0 Å². The average Bonchev–Trinajstić information content (AvgIpc) is 2.99. The minimum Gasteiger partial charge on any atom is -0.342 e. The lowest BCUT2D eigenvalue weighted by Crippen LogP contribution is -2.30. The van der Waals surface area contributed by atoms with Crippen molar-refractivity contribution in [3.05, 3.63) is 21.9 Å². The summed E-state index contributed by atoms with van der Waals surface area (Å²) in [5, 5.41) is 3.20. The van der Waals surface area contributed by atoms with Crippen molar-refractivity contribution in [2.45, 2.75) is 32.6 Å². The number of hydrogen-bond acceptors (Lipinski definition) is 3. The molecule has 1 aromatic heterocycles. The Morgan fingerprint density at radius 1 is 1.53 bits per heavy atom. The molecule has 4 heteroatoms. The largest absolute Gasteiger partial charge is 0.342 e. The molecular weight excluding hydrogens is 256 g/mol. The number of hydrogen-bond donors (Lipinski definition) is 1. The molecule has 1 aliphatic heterocycles. The Labute approximate surface area is 120 Å². The van der Waals surface area contributed by atoms with Crippen LogP contribution in [0.3, 0.4) is 0 Å². The van der Waals surface area contributed by atoms with Gasteiger partial charge in [-0.05, 0) is 57.8 Å². The maximum atomic E-state index is 12.1. The van der Waals surface area contributed by atoms with Crippen molar-refractivity contribution >= 4 is 17.2 Å². The molecule has 1 fully saturated rings. The molecule has 0 aromatic carbocycles. The summed E-state index contributed by atoms with van der Waals surface area (Å²) in [5.74, 6) is 0.987. The SMILES string of the molecule is CNCC1CCN(C(=O)CCCc2ccc(C)s2)C1. The maximum Gasteiger partial charge on any atom is 0.222 e. The summed E-state index contributed by atoms with van der Waals surface area (Å²) in [6.45, 7) is 5.05. The van der Waals surface area contributed by atoms with Gasteiger partial charge in [0, 0.05) is 29.3 Å². The molecule has 1 atom stereocenters. The molecule has 1 aromatic rings. The van der Waals surface area contributed by atoms with Crippen LogP contribution in [0.25, 0.3) is 0 Å². The first-order valence-corrected chi connectivity index (χ1v) is 7.98. The first-order valence-electron chi connectivity index (χ1n) is 7.16. The third-order valence-corrected chi connectivity index (χ3v) is 4.80. The lowest BCUT2D eigenvalue weighted by Gasteiger charge is -2.16. The lowest BCUT2D eigenvalue weighted by atomic mass is 10.1. The number of amides is 1. The van der Waals surface area contributed by atoms with E-state index in [9.17, 15) is 4.79 Å². The highest BCUT2D eigenvalue weighted by Gasteiger charge is 2.24. The van der Waals surface area contributed by atoms with E-state index in [0.717, 1.165) is 38.9 Å². The van der Waals surface area contributed by atoms with Crippen molar-refractivity contribution in [1.82, 2.24) is 10.2 Å². The van der Waals surface area contributed by atoms with Crippen molar-refractivity contribution in [1.29, 1.82) is 0 Å². The van der Waals surface area contributed by atoms with Crippen LogP contribution in [0, 0.1) is 12.8 Å². The van der Waals surface area contributed by atoms with E-state index in [-0.39, 0.29) is 0 Å². The van der Waals surface area contributed by atoms with E-state index in [1.165, 1.54) is 9.75 Å². The number of likely N-dealkylation sites (tertiary alicyclic amines) is 1. The molecule has 0 radical (unpaired) electrons. The van der Waals surface area contributed by atoms with Crippen molar-refractivity contribution in [2.24, 2.45) is 5.92 Å². The molecule has 1 amide bonds. The normalized spacial score (nSPS) is 19.1. The molecule has 0 bridgehead atoms. The summed E-state index contributed by atoms with van der Waals surface area (Å²) in [6, 6.07) is 4.34. The fourth-order valence-electron chi connectivity index (χ4n) is 2.71. The van der Waals surface area contributed by atoms with E-state index in [2.05, 4.69) is 24.4 Å². The quantitative estimate of drug-likeness (QED) is 0.868. The number of carbonyl (C=O) groups excluding carboxylic acids is 1. The molecule has 106 valence electrons. The third kappa shape index (κ3) is 4.32. The second-order valence-electron chi connectivity index (χ2n) is 5.42. The van der Waals surface area contributed by atoms with E-state index in [1.807, 2.05) is 23.3 Å². The zero-order valence-electron chi connectivity index (χ0n) is 11.9. The maximum absolute atomic E-state index is 12.1. The smallest absolute Gasteiger partial charge is 0.222 e. The lowest BCUT2D eigenvalue weighted by molar-refractivity contribution is -0.130. The standard InChI is InChI=1S/C15H24N2OS/c1-12-6-7-14(19-12)4-3-5-15(18)17-9-8-13(11-17)10-16-2/h6-7,13,16H,3-5,8-11H2,1-2H3. The molecule has 19 heavy (non-hydrogen) atoms. The predicted octanol–water partition coefficient (Wildman–Crippen LogP) is 2.45. The van der Waals surface area contributed by atoms with Gasteiger partial charge in [-0.25, -0.2) is 0 Å².